The van der Waals surface area contributed by atoms with Crippen LogP contribution in [0, 0.1) is 0 Å². The maximum Gasteiger partial charge on any atom is 0.354 e. The molecule has 1 aromatic heterocycles. The van der Waals surface area contributed by atoms with Crippen molar-refractivity contribution in [1.29, 1.82) is 0 Å². The second-order valence-corrected chi connectivity index (χ2v) is 3.97. The lowest BCUT2D eigenvalue weighted by atomic mass is 10.2. The molecule has 5 heteroatoms. The molecule has 0 atom stereocenters. The number of aromatic nitrogens is 1. The van der Waals surface area contributed by atoms with Crippen LogP contribution in [0.5, 0.6) is 0 Å². The zero-order chi connectivity index (χ0) is 14.4. The lowest BCUT2D eigenvalue weighted by molar-refractivity contribution is -0.111. The number of anilines is 1. The molecular formula is C15H12N2O3. The Hall–Kier alpha value is -2.95. The molecule has 100 valence electrons. The van der Waals surface area contributed by atoms with Gasteiger partial charge in [-0.1, -0.05) is 30.3 Å². The van der Waals surface area contributed by atoms with Crippen molar-refractivity contribution in [3.05, 3.63) is 66.0 Å². The lowest BCUT2D eigenvalue weighted by Crippen LogP contribution is -2.09. The van der Waals surface area contributed by atoms with Crippen LogP contribution in [-0.4, -0.2) is 22.0 Å². The van der Waals surface area contributed by atoms with Gasteiger partial charge in [0.25, 0.3) is 0 Å². The Morgan fingerprint density at radius 1 is 1.15 bits per heavy atom. The molecule has 0 bridgehead atoms. The molecule has 1 amide bonds. The van der Waals surface area contributed by atoms with E-state index in [1.54, 1.807) is 6.08 Å². The first-order valence-corrected chi connectivity index (χ1v) is 5.88. The summed E-state index contributed by atoms with van der Waals surface area (Å²) < 4.78 is 0. The Labute approximate surface area is 115 Å². The Kier molecular flexibility index (Phi) is 4.24. The van der Waals surface area contributed by atoms with E-state index in [9.17, 15) is 9.59 Å². The second kappa shape index (κ2) is 6.29. The van der Waals surface area contributed by atoms with Crippen molar-refractivity contribution in [2.24, 2.45) is 0 Å². The van der Waals surface area contributed by atoms with Gasteiger partial charge in [-0.25, -0.2) is 9.78 Å². The second-order valence-electron chi connectivity index (χ2n) is 3.97. The number of aromatic carboxylic acids is 1. The predicted molar refractivity (Wildman–Crippen MR) is 75.3 cm³/mol. The molecule has 1 aromatic carbocycles. The molecule has 2 rings (SSSR count). The molecular weight excluding hydrogens is 256 g/mol. The van der Waals surface area contributed by atoms with Crippen molar-refractivity contribution in [1.82, 2.24) is 4.98 Å². The fraction of sp³-hybridized carbons (Fsp3) is 0. The Balaban J connectivity index is 2.03. The topological polar surface area (TPSA) is 79.3 Å². The number of pyridine rings is 1. The maximum atomic E-state index is 11.7. The molecule has 0 unspecified atom stereocenters. The van der Waals surface area contributed by atoms with Crippen LogP contribution in [0.15, 0.2) is 54.7 Å². The third kappa shape index (κ3) is 3.78. The van der Waals surface area contributed by atoms with Gasteiger partial charge in [0.15, 0.2) is 0 Å². The fourth-order valence-corrected chi connectivity index (χ4v) is 1.55. The molecule has 0 saturated carbocycles. The van der Waals surface area contributed by atoms with E-state index in [1.807, 2.05) is 30.3 Å². The molecule has 0 spiro atoms. The van der Waals surface area contributed by atoms with E-state index in [0.29, 0.717) is 5.69 Å². The summed E-state index contributed by atoms with van der Waals surface area (Å²) in [6.07, 6.45) is 4.39. The number of nitrogens with zero attached hydrogens (tertiary/aromatic N) is 1. The summed E-state index contributed by atoms with van der Waals surface area (Å²) in [5.41, 5.74) is 1.18. The fourth-order valence-electron chi connectivity index (χ4n) is 1.55. The van der Waals surface area contributed by atoms with Crippen LogP contribution >= 0.6 is 0 Å². The smallest absolute Gasteiger partial charge is 0.354 e. The number of carboxylic acids is 1. The average Bonchev–Trinajstić information content (AvgIpc) is 2.46. The van der Waals surface area contributed by atoms with E-state index >= 15 is 0 Å². The molecule has 2 aromatic rings. The quantitative estimate of drug-likeness (QED) is 0.835. The van der Waals surface area contributed by atoms with Gasteiger partial charge >= 0.3 is 5.97 Å². The van der Waals surface area contributed by atoms with Gasteiger partial charge in [-0.3, -0.25) is 4.79 Å². The molecule has 1 heterocycles. The number of rotatable bonds is 4. The predicted octanol–water partition coefficient (Wildman–Crippen LogP) is 2.43. The van der Waals surface area contributed by atoms with E-state index < -0.39 is 5.97 Å². The van der Waals surface area contributed by atoms with E-state index in [1.165, 1.54) is 24.4 Å². The highest BCUT2D eigenvalue weighted by Crippen LogP contribution is 2.08. The molecule has 2 N–H and O–H groups in total. The number of carboxylic acid groups (broad SMARTS) is 1. The van der Waals surface area contributed by atoms with Crippen LogP contribution in [0.25, 0.3) is 6.08 Å². The van der Waals surface area contributed by atoms with Gasteiger partial charge in [0.2, 0.25) is 5.91 Å². The van der Waals surface area contributed by atoms with Crippen molar-refractivity contribution in [2.45, 2.75) is 0 Å². The highest BCUT2D eigenvalue weighted by atomic mass is 16.4. The Bertz CT molecular complexity index is 651. The summed E-state index contributed by atoms with van der Waals surface area (Å²) in [6, 6.07) is 12.2. The third-order valence-electron chi connectivity index (χ3n) is 2.47. The first-order chi connectivity index (χ1) is 9.65. The van der Waals surface area contributed by atoms with Crippen molar-refractivity contribution < 1.29 is 14.7 Å². The molecule has 5 nitrogen and oxygen atoms in total. The number of carbonyl (C=O) groups is 2. The molecule has 0 radical (unpaired) electrons. The van der Waals surface area contributed by atoms with Crippen LogP contribution < -0.4 is 5.32 Å². The summed E-state index contributed by atoms with van der Waals surface area (Å²) in [7, 11) is 0. The van der Waals surface area contributed by atoms with Crippen LogP contribution in [-0.2, 0) is 4.79 Å². The highest BCUT2D eigenvalue weighted by molar-refractivity contribution is 6.02. The summed E-state index contributed by atoms with van der Waals surface area (Å²) in [5, 5.41) is 11.4. The van der Waals surface area contributed by atoms with Crippen LogP contribution in [0.3, 0.4) is 0 Å². The normalized spacial score (nSPS) is 10.4. The minimum atomic E-state index is -1.14. The number of hydrogen-bond acceptors (Lipinski definition) is 3. The van der Waals surface area contributed by atoms with Crippen LogP contribution in [0.2, 0.25) is 0 Å². The summed E-state index contributed by atoms with van der Waals surface area (Å²) >= 11 is 0. The Morgan fingerprint density at radius 2 is 1.90 bits per heavy atom. The minimum Gasteiger partial charge on any atom is -0.477 e. The van der Waals surface area contributed by atoms with Gasteiger partial charge < -0.3 is 10.4 Å². The Morgan fingerprint density at radius 3 is 2.60 bits per heavy atom. The van der Waals surface area contributed by atoms with Crippen molar-refractivity contribution in [2.75, 3.05) is 5.32 Å². The number of nitrogens with one attached hydrogen (secondary N) is 1. The molecule has 0 aliphatic rings. The van der Waals surface area contributed by atoms with Crippen molar-refractivity contribution in [3.63, 3.8) is 0 Å². The molecule has 0 saturated heterocycles. The average molecular weight is 268 g/mol. The number of hydrogen-bond donors (Lipinski definition) is 2. The van der Waals surface area contributed by atoms with Crippen LogP contribution in [0.1, 0.15) is 16.1 Å². The van der Waals surface area contributed by atoms with Gasteiger partial charge in [-0.05, 0) is 23.8 Å². The number of benzene rings is 1. The van der Waals surface area contributed by atoms with E-state index in [-0.39, 0.29) is 11.6 Å². The van der Waals surface area contributed by atoms with Gasteiger partial charge in [-0.2, -0.15) is 0 Å². The molecule has 0 fully saturated rings. The van der Waals surface area contributed by atoms with E-state index in [4.69, 9.17) is 5.11 Å². The van der Waals surface area contributed by atoms with E-state index in [2.05, 4.69) is 10.3 Å². The highest BCUT2D eigenvalue weighted by Gasteiger charge is 2.05. The van der Waals surface area contributed by atoms with Gasteiger partial charge in [0.1, 0.15) is 5.69 Å². The van der Waals surface area contributed by atoms with Crippen LogP contribution in [0.4, 0.5) is 5.69 Å². The largest absolute Gasteiger partial charge is 0.477 e. The van der Waals surface area contributed by atoms with E-state index in [0.717, 1.165) is 5.56 Å². The minimum absolute atomic E-state index is 0.116. The first kappa shape index (κ1) is 13.5. The zero-order valence-electron chi connectivity index (χ0n) is 10.5. The van der Waals surface area contributed by atoms with Crippen molar-refractivity contribution in [3.8, 4) is 0 Å². The SMILES string of the molecule is O=C(C=Cc1ccccc1)Nc1ccnc(C(=O)O)c1. The summed E-state index contributed by atoms with van der Waals surface area (Å²) in [5.74, 6) is -1.47. The maximum absolute atomic E-state index is 11.7. The van der Waals surface area contributed by atoms with Gasteiger partial charge in [0, 0.05) is 18.0 Å². The number of carbonyl (C=O) groups excluding carboxylic acids is 1. The lowest BCUT2D eigenvalue weighted by Gasteiger charge is -2.02. The monoisotopic (exact) mass is 268 g/mol. The molecule has 20 heavy (non-hydrogen) atoms. The number of amides is 1. The van der Waals surface area contributed by atoms with Gasteiger partial charge in [-0.15, -0.1) is 0 Å². The van der Waals surface area contributed by atoms with Gasteiger partial charge in [0.05, 0.1) is 0 Å². The molecule has 0 aliphatic carbocycles. The molecule has 0 aliphatic heterocycles. The summed E-state index contributed by atoms with van der Waals surface area (Å²) in [6.45, 7) is 0. The third-order valence-corrected chi connectivity index (χ3v) is 2.47. The standard InChI is InChI=1S/C15H12N2O3/c18-14(7-6-11-4-2-1-3-5-11)17-12-8-9-16-13(10-12)15(19)20/h1-10H,(H,19,20)(H,16,17,18). The van der Waals surface area contributed by atoms with Crippen molar-refractivity contribution >= 4 is 23.6 Å². The summed E-state index contributed by atoms with van der Waals surface area (Å²) in [4.78, 5) is 26.1. The first-order valence-electron chi connectivity index (χ1n) is 5.88. The zero-order valence-corrected chi connectivity index (χ0v) is 10.5.